The summed E-state index contributed by atoms with van der Waals surface area (Å²) >= 11 is 5.54. The quantitative estimate of drug-likeness (QED) is 0.226. The molecule has 2 heterocycles. The van der Waals surface area contributed by atoms with E-state index in [-0.39, 0.29) is 12.4 Å². The molecule has 1 saturated heterocycles. The lowest BCUT2D eigenvalue weighted by molar-refractivity contribution is -0.122. The zero-order valence-electron chi connectivity index (χ0n) is 18.8. The summed E-state index contributed by atoms with van der Waals surface area (Å²) in [5.74, 6) is 0.616. The largest absolute Gasteiger partial charge is 0.488 e. The number of imide groups is 2. The number of urea groups is 1. The fraction of sp³-hybridized carbons (Fsp3) is 0.115. The third-order valence-electron chi connectivity index (χ3n) is 5.60. The highest BCUT2D eigenvalue weighted by atomic mass is 127. The number of ether oxygens (including phenoxy) is 3. The number of amides is 4. The Kier molecular flexibility index (Phi) is 6.71. The highest BCUT2D eigenvalue weighted by molar-refractivity contribution is 14.1. The van der Waals surface area contributed by atoms with Crippen molar-refractivity contribution >= 4 is 68.1 Å². The molecule has 2 aliphatic heterocycles. The topological polar surface area (TPSA) is 94.2 Å². The van der Waals surface area contributed by atoms with Gasteiger partial charge in [0.05, 0.1) is 9.26 Å². The fourth-order valence-corrected chi connectivity index (χ4v) is 4.68. The van der Waals surface area contributed by atoms with Crippen LogP contribution in [-0.4, -0.2) is 24.6 Å². The Hall–Kier alpha value is -3.38. The van der Waals surface area contributed by atoms with Gasteiger partial charge in [0.2, 0.25) is 6.79 Å². The minimum atomic E-state index is -0.786. The van der Waals surface area contributed by atoms with Crippen LogP contribution in [0.25, 0.3) is 6.08 Å². The minimum absolute atomic E-state index is 0.139. The highest BCUT2D eigenvalue weighted by Gasteiger charge is 2.37. The van der Waals surface area contributed by atoms with E-state index in [0.29, 0.717) is 35.1 Å². The predicted molar refractivity (Wildman–Crippen MR) is 144 cm³/mol. The number of nitrogens with one attached hydrogen (secondary N) is 1. The Morgan fingerprint density at radius 3 is 2.64 bits per heavy atom. The van der Waals surface area contributed by atoms with Gasteiger partial charge in [0.1, 0.15) is 17.9 Å². The average molecular weight is 661 g/mol. The van der Waals surface area contributed by atoms with Crippen LogP contribution >= 0.6 is 38.5 Å². The first-order valence-electron chi connectivity index (χ1n) is 10.8. The molecule has 5 rings (SSSR count). The molecule has 0 aliphatic carbocycles. The third-order valence-corrected chi connectivity index (χ3v) is 7.33. The van der Waals surface area contributed by atoms with E-state index >= 15 is 0 Å². The Morgan fingerprint density at radius 2 is 1.86 bits per heavy atom. The molecule has 36 heavy (non-hydrogen) atoms. The van der Waals surface area contributed by atoms with Gasteiger partial charge in [-0.15, -0.1) is 0 Å². The molecule has 0 radical (unpaired) electrons. The lowest BCUT2D eigenvalue weighted by Gasteiger charge is -2.26. The van der Waals surface area contributed by atoms with Crippen LogP contribution in [0.4, 0.5) is 10.5 Å². The van der Waals surface area contributed by atoms with Crippen LogP contribution in [0.2, 0.25) is 0 Å². The summed E-state index contributed by atoms with van der Waals surface area (Å²) in [7, 11) is 0. The monoisotopic (exact) mass is 660 g/mol. The van der Waals surface area contributed by atoms with Gasteiger partial charge < -0.3 is 14.2 Å². The van der Waals surface area contributed by atoms with Crippen LogP contribution in [0.1, 0.15) is 16.7 Å². The fourth-order valence-electron chi connectivity index (χ4n) is 3.74. The van der Waals surface area contributed by atoms with E-state index in [1.54, 1.807) is 36.4 Å². The van der Waals surface area contributed by atoms with E-state index in [1.165, 1.54) is 6.08 Å². The predicted octanol–water partition coefficient (Wildman–Crippen LogP) is 5.34. The van der Waals surface area contributed by atoms with Gasteiger partial charge in [0.15, 0.2) is 11.5 Å². The zero-order valence-corrected chi connectivity index (χ0v) is 22.6. The summed E-state index contributed by atoms with van der Waals surface area (Å²) in [6, 6.07) is 15.2. The van der Waals surface area contributed by atoms with Crippen molar-refractivity contribution in [1.29, 1.82) is 0 Å². The van der Waals surface area contributed by atoms with Crippen molar-refractivity contribution in [2.45, 2.75) is 13.5 Å². The van der Waals surface area contributed by atoms with Crippen molar-refractivity contribution in [3.63, 3.8) is 0 Å². The highest BCUT2D eigenvalue weighted by Crippen LogP contribution is 2.33. The molecule has 4 amide bonds. The molecule has 0 bridgehead atoms. The third kappa shape index (κ3) is 4.82. The normalized spacial score (nSPS) is 15.9. The molecular formula is C26H18BrIN2O6. The Bertz CT molecular complexity index is 1450. The van der Waals surface area contributed by atoms with Crippen molar-refractivity contribution in [2.24, 2.45) is 0 Å². The number of halogens is 2. The summed E-state index contributed by atoms with van der Waals surface area (Å²) in [4.78, 5) is 39.1. The number of hydrogen-bond donors (Lipinski definition) is 1. The molecule has 3 aromatic carbocycles. The van der Waals surface area contributed by atoms with Crippen LogP contribution in [0.3, 0.4) is 0 Å². The molecule has 2 aliphatic rings. The molecule has 1 fully saturated rings. The summed E-state index contributed by atoms with van der Waals surface area (Å²) < 4.78 is 18.3. The lowest BCUT2D eigenvalue weighted by Crippen LogP contribution is -2.54. The van der Waals surface area contributed by atoms with E-state index in [9.17, 15) is 14.4 Å². The van der Waals surface area contributed by atoms with Gasteiger partial charge >= 0.3 is 6.03 Å². The van der Waals surface area contributed by atoms with Crippen LogP contribution < -0.4 is 24.4 Å². The lowest BCUT2D eigenvalue weighted by atomic mass is 10.1. The Labute approximate surface area is 228 Å². The van der Waals surface area contributed by atoms with E-state index in [4.69, 9.17) is 14.2 Å². The van der Waals surface area contributed by atoms with Crippen LogP contribution in [0.15, 0.2) is 64.6 Å². The summed E-state index contributed by atoms with van der Waals surface area (Å²) in [5.41, 5.74) is 2.63. The molecule has 8 nitrogen and oxygen atoms in total. The molecule has 0 atom stereocenters. The molecule has 0 aromatic heterocycles. The van der Waals surface area contributed by atoms with Crippen molar-refractivity contribution in [3.8, 4) is 17.2 Å². The van der Waals surface area contributed by atoms with Crippen LogP contribution in [0.5, 0.6) is 17.2 Å². The SMILES string of the molecule is Cc1cc(N2C(=O)NC(=O)/C(=C\c3ccc(OCc4ccc5c(c4)OCO5)c(I)c3)C2=O)ccc1Br. The number of fused-ring (bicyclic) bond motifs is 1. The number of barbiturate groups is 1. The molecule has 3 aromatic rings. The first-order valence-corrected chi connectivity index (χ1v) is 12.7. The maximum absolute atomic E-state index is 13.2. The van der Waals surface area contributed by atoms with Gasteiger partial charge in [-0.25, -0.2) is 9.69 Å². The van der Waals surface area contributed by atoms with Crippen molar-refractivity contribution in [3.05, 3.63) is 84.9 Å². The molecule has 0 spiro atoms. The Balaban J connectivity index is 1.35. The minimum Gasteiger partial charge on any atom is -0.488 e. The van der Waals surface area contributed by atoms with Crippen molar-refractivity contribution < 1.29 is 28.6 Å². The van der Waals surface area contributed by atoms with Gasteiger partial charge in [-0.05, 0) is 94.7 Å². The van der Waals surface area contributed by atoms with Gasteiger partial charge in [0, 0.05) is 4.47 Å². The maximum atomic E-state index is 13.2. The molecule has 1 N–H and O–H groups in total. The van der Waals surface area contributed by atoms with Crippen molar-refractivity contribution in [2.75, 3.05) is 11.7 Å². The number of carbonyl (C=O) groups excluding carboxylic acids is 3. The van der Waals surface area contributed by atoms with E-state index < -0.39 is 17.8 Å². The van der Waals surface area contributed by atoms with Gasteiger partial charge in [-0.3, -0.25) is 14.9 Å². The first kappa shape index (κ1) is 24.3. The second-order valence-corrected chi connectivity index (χ2v) is 10.1. The zero-order chi connectivity index (χ0) is 25.4. The number of benzene rings is 3. The molecular weight excluding hydrogens is 643 g/mol. The number of rotatable bonds is 5. The molecule has 10 heteroatoms. The summed E-state index contributed by atoms with van der Waals surface area (Å²) in [6.07, 6.45) is 1.46. The van der Waals surface area contributed by atoms with Crippen LogP contribution in [-0.2, 0) is 16.2 Å². The first-order chi connectivity index (χ1) is 17.3. The second-order valence-electron chi connectivity index (χ2n) is 8.06. The molecule has 182 valence electrons. The standard InChI is InChI=1S/C26H18BrIN2O6/c1-14-8-17(4-5-19(14)27)30-25(32)18(24(31)29-26(30)33)9-15-2-6-21(20(28)10-15)34-12-16-3-7-22-23(11-16)36-13-35-22/h2-11H,12-13H2,1H3,(H,29,31,33)/b18-9+. The van der Waals surface area contributed by atoms with E-state index in [1.807, 2.05) is 25.1 Å². The molecule has 0 saturated carbocycles. The number of nitrogens with zero attached hydrogens (tertiary/aromatic N) is 1. The number of carbonyl (C=O) groups is 3. The number of hydrogen-bond acceptors (Lipinski definition) is 6. The van der Waals surface area contributed by atoms with E-state index in [0.717, 1.165) is 24.1 Å². The number of anilines is 1. The molecule has 0 unspecified atom stereocenters. The summed E-state index contributed by atoms with van der Waals surface area (Å²) in [5, 5.41) is 2.25. The van der Waals surface area contributed by atoms with Gasteiger partial charge in [-0.1, -0.05) is 28.1 Å². The average Bonchev–Trinajstić information content (AvgIpc) is 3.31. The maximum Gasteiger partial charge on any atom is 0.335 e. The van der Waals surface area contributed by atoms with Gasteiger partial charge in [-0.2, -0.15) is 0 Å². The van der Waals surface area contributed by atoms with Crippen molar-refractivity contribution in [1.82, 2.24) is 5.32 Å². The number of aryl methyl sites for hydroxylation is 1. The summed E-state index contributed by atoms with van der Waals surface area (Å²) in [6.45, 7) is 2.39. The van der Waals surface area contributed by atoms with E-state index in [2.05, 4.69) is 43.8 Å². The second kappa shape index (κ2) is 9.94. The smallest absolute Gasteiger partial charge is 0.335 e. The van der Waals surface area contributed by atoms with Crippen LogP contribution in [0, 0.1) is 10.5 Å². The Morgan fingerprint density at radius 1 is 1.06 bits per heavy atom. The van der Waals surface area contributed by atoms with Gasteiger partial charge in [0.25, 0.3) is 11.8 Å².